The average Bonchev–Trinajstić information content (AvgIpc) is 2.70. The van der Waals surface area contributed by atoms with Crippen molar-refractivity contribution in [2.75, 3.05) is 0 Å². The highest BCUT2D eigenvalue weighted by atomic mass is 19.1. The van der Waals surface area contributed by atoms with Crippen molar-refractivity contribution >= 4 is 22.6 Å². The van der Waals surface area contributed by atoms with E-state index in [1.165, 1.54) is 12.1 Å². The number of amidine groups is 1. The summed E-state index contributed by atoms with van der Waals surface area (Å²) in [4.78, 5) is 24.4. The Bertz CT molecular complexity index is 1290. The van der Waals surface area contributed by atoms with Crippen LogP contribution in [0.25, 0.3) is 22.0 Å². The van der Waals surface area contributed by atoms with Crippen molar-refractivity contribution in [2.24, 2.45) is 10.7 Å². The van der Waals surface area contributed by atoms with Crippen molar-refractivity contribution in [1.82, 2.24) is 9.97 Å². The molecule has 2 aromatic heterocycles. The second-order valence-corrected chi connectivity index (χ2v) is 6.92. The minimum atomic E-state index is -0.290. The smallest absolute Gasteiger partial charge is 0.193 e. The van der Waals surface area contributed by atoms with Gasteiger partial charge in [-0.2, -0.15) is 0 Å². The third-order valence-corrected chi connectivity index (χ3v) is 4.76. The summed E-state index contributed by atoms with van der Waals surface area (Å²) >= 11 is 0. The number of pyridine rings is 2. The van der Waals surface area contributed by atoms with Crippen LogP contribution in [0.3, 0.4) is 0 Å². The molecule has 0 radical (unpaired) electrons. The van der Waals surface area contributed by atoms with Gasteiger partial charge in [-0.25, -0.2) is 14.4 Å². The Balaban J connectivity index is 1.70. The number of fused-ring (bicyclic) bond motifs is 1. The Morgan fingerprint density at radius 3 is 2.59 bits per heavy atom. The number of halogens is 1. The number of hydrogen-bond acceptors (Lipinski definition) is 3. The number of aromatic amines is 1. The first-order valence-electron chi connectivity index (χ1n) is 9.12. The van der Waals surface area contributed by atoms with Gasteiger partial charge in [0.15, 0.2) is 11.2 Å². The van der Waals surface area contributed by atoms with Crippen LogP contribution in [-0.2, 0) is 0 Å². The van der Waals surface area contributed by atoms with Gasteiger partial charge in [-0.15, -0.1) is 0 Å². The topological polar surface area (TPSA) is 84.1 Å². The van der Waals surface area contributed by atoms with Crippen molar-refractivity contribution in [1.29, 1.82) is 0 Å². The van der Waals surface area contributed by atoms with E-state index in [9.17, 15) is 9.18 Å². The minimum Gasteiger partial charge on any atom is -0.382 e. The van der Waals surface area contributed by atoms with E-state index in [0.29, 0.717) is 28.0 Å². The van der Waals surface area contributed by atoms with E-state index in [-0.39, 0.29) is 17.1 Å². The second kappa shape index (κ2) is 7.31. The maximum absolute atomic E-state index is 13.6. The van der Waals surface area contributed by atoms with Crippen molar-refractivity contribution < 1.29 is 4.39 Å². The fourth-order valence-corrected chi connectivity index (χ4v) is 3.30. The molecule has 0 amide bonds. The maximum Gasteiger partial charge on any atom is 0.193 e. The highest BCUT2D eigenvalue weighted by Crippen LogP contribution is 2.23. The van der Waals surface area contributed by atoms with Gasteiger partial charge in [0.1, 0.15) is 11.7 Å². The lowest BCUT2D eigenvalue weighted by Crippen LogP contribution is -2.21. The van der Waals surface area contributed by atoms with Gasteiger partial charge in [0, 0.05) is 28.2 Å². The molecule has 0 aliphatic heterocycles. The zero-order chi connectivity index (χ0) is 20.5. The van der Waals surface area contributed by atoms with Crippen molar-refractivity contribution in [3.63, 3.8) is 0 Å². The second-order valence-electron chi connectivity index (χ2n) is 6.92. The summed E-state index contributed by atoms with van der Waals surface area (Å²) in [5, 5.41) is 0.606. The Labute approximate surface area is 166 Å². The van der Waals surface area contributed by atoms with E-state index in [4.69, 9.17) is 5.73 Å². The molecule has 0 aliphatic carbocycles. The van der Waals surface area contributed by atoms with E-state index >= 15 is 0 Å². The molecule has 2 aromatic carbocycles. The summed E-state index contributed by atoms with van der Waals surface area (Å²) < 4.78 is 13.6. The molecule has 0 unspecified atom stereocenters. The van der Waals surface area contributed by atoms with Gasteiger partial charge in [-0.3, -0.25) is 4.79 Å². The van der Waals surface area contributed by atoms with Crippen LogP contribution >= 0.6 is 0 Å². The molecule has 0 atom stereocenters. The molecule has 6 heteroatoms. The molecule has 0 spiro atoms. The van der Waals surface area contributed by atoms with Gasteiger partial charge in [0.05, 0.1) is 5.69 Å². The molecule has 144 valence electrons. The molecular weight excluding hydrogens is 367 g/mol. The van der Waals surface area contributed by atoms with Crippen LogP contribution in [0, 0.1) is 19.7 Å². The van der Waals surface area contributed by atoms with E-state index in [2.05, 4.69) is 15.0 Å². The number of rotatable bonds is 3. The summed E-state index contributed by atoms with van der Waals surface area (Å²) in [6, 6.07) is 15.6. The quantitative estimate of drug-likeness (QED) is 0.405. The third kappa shape index (κ3) is 3.65. The van der Waals surface area contributed by atoms with E-state index < -0.39 is 0 Å². The molecule has 0 fully saturated rings. The number of aryl methyl sites for hydroxylation is 1. The first-order valence-corrected chi connectivity index (χ1v) is 9.12. The molecule has 2 heterocycles. The number of aliphatic imine (C=N–C) groups is 1. The van der Waals surface area contributed by atoms with Gasteiger partial charge < -0.3 is 10.7 Å². The van der Waals surface area contributed by atoms with Gasteiger partial charge in [0.25, 0.3) is 0 Å². The lowest BCUT2D eigenvalue weighted by Gasteiger charge is -2.08. The number of aromatic nitrogens is 2. The first kappa shape index (κ1) is 18.6. The molecule has 29 heavy (non-hydrogen) atoms. The number of hydrogen-bond donors (Lipinski definition) is 2. The number of para-hydroxylation sites is 1. The van der Waals surface area contributed by atoms with Crippen LogP contribution in [0.2, 0.25) is 0 Å². The Morgan fingerprint density at radius 2 is 1.86 bits per heavy atom. The minimum absolute atomic E-state index is 0.0859. The molecule has 4 rings (SSSR count). The predicted molar refractivity (Wildman–Crippen MR) is 114 cm³/mol. The van der Waals surface area contributed by atoms with Crippen molar-refractivity contribution in [3.8, 4) is 11.1 Å². The highest BCUT2D eigenvalue weighted by Gasteiger charge is 2.11. The predicted octanol–water partition coefficient (Wildman–Crippen LogP) is 4.38. The van der Waals surface area contributed by atoms with Gasteiger partial charge >= 0.3 is 0 Å². The Morgan fingerprint density at radius 1 is 1.07 bits per heavy atom. The van der Waals surface area contributed by atoms with Gasteiger partial charge in [0.2, 0.25) is 0 Å². The van der Waals surface area contributed by atoms with Crippen molar-refractivity contribution in [3.05, 3.63) is 93.7 Å². The van der Waals surface area contributed by atoms with Gasteiger partial charge in [-0.1, -0.05) is 18.2 Å². The standard InChI is InChI=1S/C23H19FN4O/c1-13-9-16(11-17(24)10-13)15-7-8-20(26-12-15)28-23(25)21-14(2)22(29)18-5-3-4-6-19(18)27-21/h3-12H,1-2H3,(H,27,29)(H2,25,26,28). The van der Waals surface area contributed by atoms with Crippen LogP contribution in [0.4, 0.5) is 10.2 Å². The molecule has 0 aliphatic rings. The normalized spacial score (nSPS) is 11.8. The zero-order valence-electron chi connectivity index (χ0n) is 16.0. The van der Waals surface area contributed by atoms with Crippen LogP contribution in [0.5, 0.6) is 0 Å². The van der Waals surface area contributed by atoms with E-state index in [0.717, 1.165) is 16.7 Å². The number of nitrogens with two attached hydrogens (primary N) is 1. The molecule has 5 nitrogen and oxygen atoms in total. The highest BCUT2D eigenvalue weighted by molar-refractivity contribution is 6.00. The molecule has 0 saturated heterocycles. The number of nitrogens with zero attached hydrogens (tertiary/aromatic N) is 2. The molecule has 0 saturated carbocycles. The molecule has 4 aromatic rings. The molecule has 0 bridgehead atoms. The Kier molecular flexibility index (Phi) is 4.68. The maximum atomic E-state index is 13.6. The number of nitrogens with one attached hydrogen (secondary N) is 1. The van der Waals surface area contributed by atoms with Gasteiger partial charge in [-0.05, 0) is 61.4 Å². The van der Waals surface area contributed by atoms with Crippen LogP contribution < -0.4 is 11.2 Å². The number of benzene rings is 2. The number of H-pyrrole nitrogens is 1. The average molecular weight is 386 g/mol. The molecule has 3 N–H and O–H groups in total. The van der Waals surface area contributed by atoms with Crippen LogP contribution in [0.1, 0.15) is 16.8 Å². The molecular formula is C23H19FN4O. The Hall–Kier alpha value is -3.80. The van der Waals surface area contributed by atoms with Crippen LogP contribution in [0.15, 0.2) is 70.6 Å². The third-order valence-electron chi connectivity index (χ3n) is 4.76. The lowest BCUT2D eigenvalue weighted by atomic mass is 10.1. The lowest BCUT2D eigenvalue weighted by molar-refractivity contribution is 0.627. The van der Waals surface area contributed by atoms with Crippen molar-refractivity contribution in [2.45, 2.75) is 13.8 Å². The summed E-state index contributed by atoms with van der Waals surface area (Å²) in [5.74, 6) is 0.280. The SMILES string of the molecule is Cc1cc(F)cc(-c2ccc(N=C(N)c3[nH]c4ccccc4c(=O)c3C)nc2)c1. The summed E-state index contributed by atoms with van der Waals surface area (Å²) in [6.07, 6.45) is 1.62. The largest absolute Gasteiger partial charge is 0.382 e. The first-order chi connectivity index (χ1) is 13.9. The summed E-state index contributed by atoms with van der Waals surface area (Å²) in [6.45, 7) is 3.55. The summed E-state index contributed by atoms with van der Waals surface area (Å²) in [5.41, 5.74) is 10.1. The zero-order valence-corrected chi connectivity index (χ0v) is 16.0. The van der Waals surface area contributed by atoms with E-state index in [1.807, 2.05) is 37.3 Å². The van der Waals surface area contributed by atoms with Crippen LogP contribution in [-0.4, -0.2) is 15.8 Å². The van der Waals surface area contributed by atoms with E-state index in [1.54, 1.807) is 25.3 Å². The fourth-order valence-electron chi connectivity index (χ4n) is 3.30. The fraction of sp³-hybridized carbons (Fsp3) is 0.0870. The monoisotopic (exact) mass is 386 g/mol. The summed E-state index contributed by atoms with van der Waals surface area (Å²) in [7, 11) is 0.